The van der Waals surface area contributed by atoms with Gasteiger partial charge in [0.2, 0.25) is 0 Å². The Hall–Kier alpha value is -3.60. The van der Waals surface area contributed by atoms with E-state index in [1.165, 1.54) is 12.3 Å². The first-order valence-electron chi connectivity index (χ1n) is 11.0. The van der Waals surface area contributed by atoms with Crippen molar-refractivity contribution in [2.24, 2.45) is 0 Å². The number of unbranched alkanes of at least 4 members (excludes halogenated alkanes) is 1. The zero-order chi connectivity index (χ0) is 22.5. The van der Waals surface area contributed by atoms with Gasteiger partial charge in [0.1, 0.15) is 5.82 Å². The lowest BCUT2D eigenvalue weighted by molar-refractivity contribution is 0.0989. The van der Waals surface area contributed by atoms with Gasteiger partial charge in [-0.15, -0.1) is 0 Å². The van der Waals surface area contributed by atoms with Crippen LogP contribution in [0.1, 0.15) is 49.2 Å². The van der Waals surface area contributed by atoms with Crippen molar-refractivity contribution >= 4 is 28.1 Å². The number of nitrogens with one attached hydrogen (secondary N) is 1. The van der Waals surface area contributed by atoms with Crippen LogP contribution in [-0.2, 0) is 6.42 Å². The van der Waals surface area contributed by atoms with Gasteiger partial charge < -0.3 is 5.32 Å². The molecule has 0 amide bonds. The second-order valence-electron chi connectivity index (χ2n) is 7.81. The maximum absolute atomic E-state index is 15.0. The van der Waals surface area contributed by atoms with E-state index in [0.29, 0.717) is 39.7 Å². The number of hydrogen-bond acceptors (Lipinski definition) is 4. The van der Waals surface area contributed by atoms with E-state index in [1.54, 1.807) is 12.3 Å². The van der Waals surface area contributed by atoms with E-state index in [0.717, 1.165) is 30.6 Å². The van der Waals surface area contributed by atoms with Crippen LogP contribution >= 0.6 is 0 Å². The summed E-state index contributed by atoms with van der Waals surface area (Å²) in [6.45, 7) is 3.96. The Bertz CT molecular complexity index is 1240. The average Bonchev–Trinajstić information content (AvgIpc) is 2.83. The molecule has 4 rings (SSSR count). The molecule has 1 N–H and O–H groups in total. The Morgan fingerprint density at radius 2 is 1.81 bits per heavy atom. The highest BCUT2D eigenvalue weighted by molar-refractivity contribution is 6.09. The molecule has 0 atom stereocenters. The van der Waals surface area contributed by atoms with Crippen LogP contribution < -0.4 is 5.32 Å². The maximum Gasteiger partial charge on any atom is 0.166 e. The van der Waals surface area contributed by atoms with Crippen LogP contribution in [0.4, 0.5) is 15.8 Å². The molecule has 0 bridgehead atoms. The Kier molecular flexibility index (Phi) is 6.55. The number of aryl methyl sites for hydroxylation is 1. The van der Waals surface area contributed by atoms with Gasteiger partial charge in [0.15, 0.2) is 5.78 Å². The Morgan fingerprint density at radius 1 is 1.00 bits per heavy atom. The lowest BCUT2D eigenvalue weighted by Crippen LogP contribution is -2.05. The normalized spacial score (nSPS) is 11.0. The number of aromatic nitrogens is 2. The minimum atomic E-state index is -0.367. The molecular weight excluding hydrogens is 401 g/mol. The Morgan fingerprint density at radius 3 is 2.50 bits per heavy atom. The van der Waals surface area contributed by atoms with Crippen molar-refractivity contribution in [3.63, 3.8) is 0 Å². The molecule has 0 spiro atoms. The smallest absolute Gasteiger partial charge is 0.166 e. The predicted molar refractivity (Wildman–Crippen MR) is 128 cm³/mol. The first-order chi connectivity index (χ1) is 15.6. The van der Waals surface area contributed by atoms with E-state index >= 15 is 4.39 Å². The molecule has 0 unspecified atom stereocenters. The van der Waals surface area contributed by atoms with Crippen molar-refractivity contribution in [3.05, 3.63) is 84.1 Å². The van der Waals surface area contributed by atoms with E-state index in [-0.39, 0.29) is 11.6 Å². The minimum Gasteiger partial charge on any atom is -0.354 e. The third-order valence-corrected chi connectivity index (χ3v) is 5.54. The first kappa shape index (κ1) is 21.6. The lowest BCUT2D eigenvalue weighted by atomic mass is 9.99. The molecule has 0 aliphatic carbocycles. The Balaban J connectivity index is 1.84. The largest absolute Gasteiger partial charge is 0.354 e. The van der Waals surface area contributed by atoms with E-state index in [2.05, 4.69) is 22.2 Å². The van der Waals surface area contributed by atoms with E-state index in [9.17, 15) is 4.79 Å². The number of nitrogens with zero attached hydrogens (tertiary/aromatic N) is 2. The minimum absolute atomic E-state index is 0.0225. The molecule has 4 aromatic rings. The number of carbonyl (C=O) groups excluding carboxylic acids is 1. The van der Waals surface area contributed by atoms with Gasteiger partial charge in [-0.2, -0.15) is 0 Å². The van der Waals surface area contributed by atoms with Crippen LogP contribution in [0.5, 0.6) is 0 Å². The molecule has 2 aromatic carbocycles. The van der Waals surface area contributed by atoms with Crippen LogP contribution in [0, 0.1) is 5.82 Å². The van der Waals surface area contributed by atoms with Crippen molar-refractivity contribution in [1.29, 1.82) is 0 Å². The SMILES string of the molecule is CCCCc1ccc(-c2cc3c(Nc4ccccc4)c(C(=O)CC)cnc3cc2F)cn1. The number of fused-ring (bicyclic) bond motifs is 1. The molecule has 2 aromatic heterocycles. The highest BCUT2D eigenvalue weighted by Crippen LogP contribution is 2.34. The summed E-state index contributed by atoms with van der Waals surface area (Å²) in [7, 11) is 0. The van der Waals surface area contributed by atoms with Crippen molar-refractivity contribution in [2.75, 3.05) is 5.32 Å². The molecule has 5 heteroatoms. The number of hydrogen-bond donors (Lipinski definition) is 1. The molecule has 32 heavy (non-hydrogen) atoms. The van der Waals surface area contributed by atoms with Gasteiger partial charge in [-0.1, -0.05) is 44.5 Å². The number of rotatable bonds is 8. The number of para-hydroxylation sites is 1. The van der Waals surface area contributed by atoms with E-state index in [1.807, 2.05) is 49.4 Å². The van der Waals surface area contributed by atoms with Crippen molar-refractivity contribution in [2.45, 2.75) is 39.5 Å². The van der Waals surface area contributed by atoms with Crippen molar-refractivity contribution in [1.82, 2.24) is 9.97 Å². The summed E-state index contributed by atoms with van der Waals surface area (Å²) in [5.41, 5.74) is 4.61. The van der Waals surface area contributed by atoms with E-state index < -0.39 is 0 Å². The zero-order valence-electron chi connectivity index (χ0n) is 18.4. The fraction of sp³-hybridized carbons (Fsp3) is 0.222. The van der Waals surface area contributed by atoms with Gasteiger partial charge in [0, 0.05) is 52.8 Å². The molecule has 0 saturated heterocycles. The topological polar surface area (TPSA) is 54.9 Å². The molecule has 162 valence electrons. The van der Waals surface area contributed by atoms with Crippen LogP contribution in [0.3, 0.4) is 0 Å². The summed E-state index contributed by atoms with van der Waals surface area (Å²) in [5.74, 6) is -0.390. The highest BCUT2D eigenvalue weighted by Gasteiger charge is 2.17. The summed E-state index contributed by atoms with van der Waals surface area (Å²) in [5, 5.41) is 4.06. The highest BCUT2D eigenvalue weighted by atomic mass is 19.1. The molecule has 0 aliphatic rings. The summed E-state index contributed by atoms with van der Waals surface area (Å²) < 4.78 is 15.0. The number of anilines is 2. The van der Waals surface area contributed by atoms with Crippen molar-refractivity contribution < 1.29 is 9.18 Å². The van der Waals surface area contributed by atoms with Gasteiger partial charge in [-0.05, 0) is 37.1 Å². The summed E-state index contributed by atoms with van der Waals surface area (Å²) in [6.07, 6.45) is 6.69. The standard InChI is InChI=1S/C27H26FN3O/c1-3-5-9-19-13-12-18(16-29-19)21-14-22-25(15-24(21)28)30-17-23(26(32)4-2)27(22)31-20-10-7-6-8-11-20/h6-8,10-17H,3-5,9H2,1-2H3,(H,30,31). The number of Topliss-reactive ketones (excluding diaryl/α,β-unsaturated/α-hetero) is 1. The third kappa shape index (κ3) is 4.52. The number of halogens is 1. The number of benzene rings is 2. The van der Waals surface area contributed by atoms with Crippen molar-refractivity contribution in [3.8, 4) is 11.1 Å². The van der Waals surface area contributed by atoms with E-state index in [4.69, 9.17) is 0 Å². The quantitative estimate of drug-likeness (QED) is 0.304. The number of carbonyl (C=O) groups is 1. The molecule has 0 radical (unpaired) electrons. The van der Waals surface area contributed by atoms with Crippen LogP contribution in [0.25, 0.3) is 22.0 Å². The zero-order valence-corrected chi connectivity index (χ0v) is 18.4. The fourth-order valence-corrected chi connectivity index (χ4v) is 3.73. The number of pyridine rings is 2. The van der Waals surface area contributed by atoms with Crippen LogP contribution in [0.2, 0.25) is 0 Å². The molecule has 0 aliphatic heterocycles. The summed E-state index contributed by atoms with van der Waals surface area (Å²) in [4.78, 5) is 21.5. The van der Waals surface area contributed by atoms with Gasteiger partial charge in [0.05, 0.1) is 16.8 Å². The lowest BCUT2D eigenvalue weighted by Gasteiger charge is -2.15. The molecular formula is C27H26FN3O. The first-order valence-corrected chi connectivity index (χ1v) is 11.0. The molecule has 2 heterocycles. The monoisotopic (exact) mass is 427 g/mol. The Labute approximate surface area is 187 Å². The van der Waals surface area contributed by atoms with Gasteiger partial charge in [-0.3, -0.25) is 14.8 Å². The average molecular weight is 428 g/mol. The predicted octanol–water partition coefficient (Wildman–Crippen LogP) is 7.11. The van der Waals surface area contributed by atoms with Gasteiger partial charge in [-0.25, -0.2) is 4.39 Å². The summed E-state index contributed by atoms with van der Waals surface area (Å²) >= 11 is 0. The fourth-order valence-electron chi connectivity index (χ4n) is 3.73. The second-order valence-corrected chi connectivity index (χ2v) is 7.81. The van der Waals surface area contributed by atoms with Gasteiger partial charge >= 0.3 is 0 Å². The molecule has 0 saturated carbocycles. The second kappa shape index (κ2) is 9.69. The van der Waals surface area contributed by atoms with Crippen LogP contribution in [-0.4, -0.2) is 15.8 Å². The maximum atomic E-state index is 15.0. The summed E-state index contributed by atoms with van der Waals surface area (Å²) in [6, 6.07) is 16.7. The van der Waals surface area contributed by atoms with Gasteiger partial charge in [0.25, 0.3) is 0 Å². The van der Waals surface area contributed by atoms with Crippen LogP contribution in [0.15, 0.2) is 67.0 Å². The third-order valence-electron chi connectivity index (χ3n) is 5.54. The molecule has 4 nitrogen and oxygen atoms in total. The number of ketones is 1. The molecule has 0 fully saturated rings.